The second kappa shape index (κ2) is 7.00. The van der Waals surface area contributed by atoms with Gasteiger partial charge in [0.2, 0.25) is 0 Å². The van der Waals surface area contributed by atoms with Crippen LogP contribution in [0.3, 0.4) is 0 Å². The molecule has 0 aliphatic heterocycles. The average Bonchev–Trinajstić information content (AvgIpc) is 2.49. The van der Waals surface area contributed by atoms with Gasteiger partial charge in [-0.3, -0.25) is 0 Å². The lowest BCUT2D eigenvalue weighted by Crippen LogP contribution is -2.25. The molecule has 122 valence electrons. The molecule has 2 aromatic rings. The highest BCUT2D eigenvalue weighted by atomic mass is 32.2. The SMILES string of the molecule is CC(C)(C)c1ccc(OC2CCC2)c(SCc2ccccc2)c1. The van der Waals surface area contributed by atoms with Crippen molar-refractivity contribution in [2.45, 2.75) is 62.2 Å². The van der Waals surface area contributed by atoms with Crippen LogP contribution in [0.2, 0.25) is 0 Å². The van der Waals surface area contributed by atoms with Gasteiger partial charge in [-0.2, -0.15) is 0 Å². The highest BCUT2D eigenvalue weighted by Gasteiger charge is 2.22. The summed E-state index contributed by atoms with van der Waals surface area (Å²) in [5, 5.41) is 0. The highest BCUT2D eigenvalue weighted by Crippen LogP contribution is 2.38. The van der Waals surface area contributed by atoms with Gasteiger partial charge in [0, 0.05) is 10.6 Å². The summed E-state index contributed by atoms with van der Waals surface area (Å²) in [4.78, 5) is 1.27. The van der Waals surface area contributed by atoms with Crippen molar-refractivity contribution in [3.8, 4) is 5.75 Å². The molecule has 0 atom stereocenters. The summed E-state index contributed by atoms with van der Waals surface area (Å²) in [6.07, 6.45) is 4.12. The van der Waals surface area contributed by atoms with Crippen LogP contribution in [0.25, 0.3) is 0 Å². The molecule has 3 rings (SSSR count). The lowest BCUT2D eigenvalue weighted by Gasteiger charge is -2.28. The Hall–Kier alpha value is -1.41. The maximum atomic E-state index is 6.22. The summed E-state index contributed by atoms with van der Waals surface area (Å²) in [5.74, 6) is 2.04. The molecule has 0 amide bonds. The van der Waals surface area contributed by atoms with E-state index in [-0.39, 0.29) is 5.41 Å². The van der Waals surface area contributed by atoms with Gasteiger partial charge >= 0.3 is 0 Å². The van der Waals surface area contributed by atoms with Gasteiger partial charge in [0.05, 0.1) is 6.10 Å². The Morgan fingerprint density at radius 2 is 1.78 bits per heavy atom. The van der Waals surface area contributed by atoms with Crippen molar-refractivity contribution in [2.24, 2.45) is 0 Å². The lowest BCUT2D eigenvalue weighted by molar-refractivity contribution is 0.117. The fourth-order valence-corrected chi connectivity index (χ4v) is 3.57. The first-order valence-electron chi connectivity index (χ1n) is 8.50. The molecule has 2 heteroatoms. The number of thioether (sulfide) groups is 1. The van der Waals surface area contributed by atoms with E-state index in [9.17, 15) is 0 Å². The molecule has 2 aromatic carbocycles. The minimum atomic E-state index is 0.164. The van der Waals surface area contributed by atoms with E-state index in [4.69, 9.17) is 4.74 Å². The summed E-state index contributed by atoms with van der Waals surface area (Å²) < 4.78 is 6.22. The molecule has 0 saturated heterocycles. The Bertz CT molecular complexity index is 639. The van der Waals surface area contributed by atoms with Crippen molar-refractivity contribution in [3.05, 3.63) is 59.7 Å². The summed E-state index contributed by atoms with van der Waals surface area (Å²) in [7, 11) is 0. The second-order valence-corrected chi connectivity index (χ2v) is 8.37. The van der Waals surface area contributed by atoms with Gasteiger partial charge in [-0.05, 0) is 47.9 Å². The zero-order chi connectivity index (χ0) is 16.3. The average molecular weight is 327 g/mol. The van der Waals surface area contributed by atoms with Crippen LogP contribution in [0.4, 0.5) is 0 Å². The molecule has 1 nitrogen and oxygen atoms in total. The van der Waals surface area contributed by atoms with Gasteiger partial charge in [0.1, 0.15) is 5.75 Å². The zero-order valence-electron chi connectivity index (χ0n) is 14.3. The predicted molar refractivity (Wildman–Crippen MR) is 99.4 cm³/mol. The molecule has 0 radical (unpaired) electrons. The first kappa shape index (κ1) is 16.4. The van der Waals surface area contributed by atoms with Gasteiger partial charge in [-0.25, -0.2) is 0 Å². The molecule has 23 heavy (non-hydrogen) atoms. The van der Waals surface area contributed by atoms with Crippen LogP contribution in [0, 0.1) is 0 Å². The van der Waals surface area contributed by atoms with Crippen molar-refractivity contribution in [2.75, 3.05) is 0 Å². The first-order valence-corrected chi connectivity index (χ1v) is 9.49. The number of rotatable bonds is 5. The van der Waals surface area contributed by atoms with Crippen LogP contribution in [-0.4, -0.2) is 6.10 Å². The standard InChI is InChI=1S/C21H26OS/c1-21(2,3)17-12-13-19(22-18-10-7-11-18)20(14-17)23-15-16-8-5-4-6-9-16/h4-6,8-9,12-14,18H,7,10-11,15H2,1-3H3. The van der Waals surface area contributed by atoms with Crippen molar-refractivity contribution in [1.82, 2.24) is 0 Å². The van der Waals surface area contributed by atoms with E-state index in [1.54, 1.807) is 0 Å². The smallest absolute Gasteiger partial charge is 0.133 e. The second-order valence-electron chi connectivity index (χ2n) is 7.36. The van der Waals surface area contributed by atoms with Gasteiger partial charge in [0.25, 0.3) is 0 Å². The van der Waals surface area contributed by atoms with E-state index in [1.165, 1.54) is 35.3 Å². The van der Waals surface area contributed by atoms with Crippen LogP contribution >= 0.6 is 11.8 Å². The van der Waals surface area contributed by atoms with Gasteiger partial charge in [-0.1, -0.05) is 57.2 Å². The number of ether oxygens (including phenoxy) is 1. The monoisotopic (exact) mass is 326 g/mol. The number of hydrogen-bond acceptors (Lipinski definition) is 2. The highest BCUT2D eigenvalue weighted by molar-refractivity contribution is 7.98. The van der Waals surface area contributed by atoms with Crippen molar-refractivity contribution >= 4 is 11.8 Å². The Labute approximate surface area is 144 Å². The largest absolute Gasteiger partial charge is 0.489 e. The first-order chi connectivity index (χ1) is 11.0. The van der Waals surface area contributed by atoms with Crippen LogP contribution in [-0.2, 0) is 11.2 Å². The van der Waals surface area contributed by atoms with E-state index in [0.29, 0.717) is 6.10 Å². The predicted octanol–water partition coefficient (Wildman–Crippen LogP) is 6.21. The molecular formula is C21H26OS. The minimum absolute atomic E-state index is 0.164. The molecule has 0 unspecified atom stereocenters. The van der Waals surface area contributed by atoms with Gasteiger partial charge in [-0.15, -0.1) is 11.8 Å². The molecule has 1 fully saturated rings. The molecule has 0 aromatic heterocycles. The van der Waals surface area contributed by atoms with E-state index >= 15 is 0 Å². The third kappa shape index (κ3) is 4.32. The van der Waals surface area contributed by atoms with Gasteiger partial charge < -0.3 is 4.74 Å². The summed E-state index contributed by atoms with van der Waals surface area (Å²) in [6.45, 7) is 6.79. The van der Waals surface area contributed by atoms with Crippen LogP contribution in [0.1, 0.15) is 51.2 Å². The fraction of sp³-hybridized carbons (Fsp3) is 0.429. The van der Waals surface area contributed by atoms with Crippen LogP contribution in [0.15, 0.2) is 53.4 Å². The minimum Gasteiger partial charge on any atom is -0.489 e. The Morgan fingerprint density at radius 3 is 2.39 bits per heavy atom. The zero-order valence-corrected chi connectivity index (χ0v) is 15.2. The molecule has 1 aliphatic rings. The van der Waals surface area contributed by atoms with Crippen molar-refractivity contribution < 1.29 is 4.74 Å². The van der Waals surface area contributed by atoms with E-state index in [1.807, 2.05) is 11.8 Å². The summed E-state index contributed by atoms with van der Waals surface area (Å²) in [5.41, 5.74) is 2.89. The van der Waals surface area contributed by atoms with Gasteiger partial charge in [0.15, 0.2) is 0 Å². The summed E-state index contributed by atoms with van der Waals surface area (Å²) in [6, 6.07) is 17.4. The topological polar surface area (TPSA) is 9.23 Å². The quantitative estimate of drug-likeness (QED) is 0.604. The Kier molecular flexibility index (Phi) is 5.01. The van der Waals surface area contributed by atoms with Crippen molar-refractivity contribution in [1.29, 1.82) is 0 Å². The van der Waals surface area contributed by atoms with Crippen LogP contribution in [0.5, 0.6) is 5.75 Å². The third-order valence-electron chi connectivity index (χ3n) is 4.39. The molecule has 0 spiro atoms. The lowest BCUT2D eigenvalue weighted by atomic mass is 9.87. The normalized spacial score (nSPS) is 15.3. The van der Waals surface area contributed by atoms with E-state index in [2.05, 4.69) is 69.3 Å². The van der Waals surface area contributed by atoms with Crippen molar-refractivity contribution in [3.63, 3.8) is 0 Å². The van der Waals surface area contributed by atoms with E-state index < -0.39 is 0 Å². The molecule has 0 N–H and O–H groups in total. The molecule has 0 heterocycles. The van der Waals surface area contributed by atoms with Crippen LogP contribution < -0.4 is 4.74 Å². The molecule has 1 saturated carbocycles. The third-order valence-corrected chi connectivity index (χ3v) is 5.50. The molecule has 1 aliphatic carbocycles. The number of benzene rings is 2. The fourth-order valence-electron chi connectivity index (χ4n) is 2.59. The maximum Gasteiger partial charge on any atom is 0.133 e. The maximum absolute atomic E-state index is 6.22. The Morgan fingerprint density at radius 1 is 1.04 bits per heavy atom. The molecular weight excluding hydrogens is 300 g/mol. The molecule has 0 bridgehead atoms. The Balaban J connectivity index is 1.80. The number of hydrogen-bond donors (Lipinski definition) is 0. The summed E-state index contributed by atoms with van der Waals surface area (Å²) >= 11 is 1.88. The van der Waals surface area contributed by atoms with E-state index in [0.717, 1.165) is 11.5 Å².